The van der Waals surface area contributed by atoms with Gasteiger partial charge >= 0.3 is 0 Å². The van der Waals surface area contributed by atoms with Crippen molar-refractivity contribution in [1.82, 2.24) is 4.90 Å². The van der Waals surface area contributed by atoms with E-state index in [4.69, 9.17) is 11.6 Å². The van der Waals surface area contributed by atoms with Crippen molar-refractivity contribution in [3.8, 4) is 0 Å². The number of Topliss-reactive ketones (excluding diaryl/α,β-unsaturated/α-hetero) is 1. The molecule has 3 aromatic rings. The van der Waals surface area contributed by atoms with E-state index in [1.54, 1.807) is 12.1 Å². The van der Waals surface area contributed by atoms with Crippen LogP contribution in [-0.2, 0) is 20.5 Å². The van der Waals surface area contributed by atoms with Gasteiger partial charge in [-0.05, 0) is 55.6 Å². The van der Waals surface area contributed by atoms with E-state index in [-0.39, 0.29) is 23.6 Å². The second kappa shape index (κ2) is 7.28. The molecular weight excluding hydrogens is 474 g/mol. The Kier molecular flexibility index (Phi) is 4.40. The molecule has 2 fully saturated rings. The molecule has 4 atom stereocenters. The van der Waals surface area contributed by atoms with Crippen molar-refractivity contribution in [2.45, 2.75) is 36.8 Å². The number of fused-ring (bicyclic) bond motifs is 7. The van der Waals surface area contributed by atoms with E-state index in [0.29, 0.717) is 39.6 Å². The zero-order valence-corrected chi connectivity index (χ0v) is 20.4. The smallest absolute Gasteiger partial charge is 0.251 e. The minimum absolute atomic E-state index is 0.115. The Morgan fingerprint density at radius 1 is 0.972 bits per heavy atom. The zero-order chi connectivity index (χ0) is 24.8. The highest BCUT2D eigenvalue weighted by molar-refractivity contribution is 6.31. The Morgan fingerprint density at radius 3 is 2.53 bits per heavy atom. The summed E-state index contributed by atoms with van der Waals surface area (Å²) in [5, 5.41) is 6.66. The van der Waals surface area contributed by atoms with Crippen molar-refractivity contribution in [3.05, 3.63) is 94.0 Å². The normalized spacial score (nSPS) is 29.8. The van der Waals surface area contributed by atoms with Gasteiger partial charge in [0.25, 0.3) is 5.91 Å². The van der Waals surface area contributed by atoms with Gasteiger partial charge in [0.1, 0.15) is 11.0 Å². The molecule has 2 amide bonds. The number of rotatable bonds is 2. The monoisotopic (exact) mass is 497 g/mol. The third-order valence-electron chi connectivity index (χ3n) is 8.71. The first-order valence-electron chi connectivity index (χ1n) is 12.3. The highest BCUT2D eigenvalue weighted by Crippen LogP contribution is 2.68. The average molecular weight is 498 g/mol. The number of nitrogens with one attached hydrogen (secondary N) is 2. The summed E-state index contributed by atoms with van der Waals surface area (Å²) in [5.41, 5.74) is 1.23. The number of carbonyl (C=O) groups is 3. The third kappa shape index (κ3) is 2.34. The predicted octanol–water partition coefficient (Wildman–Crippen LogP) is 4.66. The first-order valence-corrected chi connectivity index (χ1v) is 12.7. The van der Waals surface area contributed by atoms with Gasteiger partial charge in [0.05, 0.1) is 5.92 Å². The van der Waals surface area contributed by atoms with Crippen molar-refractivity contribution in [1.29, 1.82) is 0 Å². The minimum Gasteiger partial charge on any atom is -0.325 e. The maximum atomic E-state index is 14.4. The van der Waals surface area contributed by atoms with Crippen LogP contribution in [0.2, 0.25) is 5.02 Å². The molecule has 4 heterocycles. The van der Waals surface area contributed by atoms with Crippen LogP contribution >= 0.6 is 11.6 Å². The van der Waals surface area contributed by atoms with E-state index in [9.17, 15) is 14.4 Å². The van der Waals surface area contributed by atoms with E-state index in [2.05, 4.69) is 15.5 Å². The highest BCUT2D eigenvalue weighted by Gasteiger charge is 2.81. The molecule has 0 aliphatic carbocycles. The third-order valence-corrected chi connectivity index (χ3v) is 8.93. The lowest BCUT2D eigenvalue weighted by Gasteiger charge is -2.43. The van der Waals surface area contributed by atoms with Crippen LogP contribution in [0.4, 0.5) is 11.4 Å². The Hall–Kier alpha value is -3.48. The second-order valence-electron chi connectivity index (χ2n) is 10.2. The molecule has 2 N–H and O–H groups in total. The molecule has 7 heteroatoms. The number of nitrogens with zero attached hydrogens (tertiary/aromatic N) is 1. The zero-order valence-electron chi connectivity index (χ0n) is 19.7. The number of hydrogen-bond acceptors (Lipinski definition) is 4. The van der Waals surface area contributed by atoms with Gasteiger partial charge < -0.3 is 10.6 Å². The predicted molar refractivity (Wildman–Crippen MR) is 137 cm³/mol. The Labute approximate surface area is 213 Å². The van der Waals surface area contributed by atoms with Crippen LogP contribution in [0.1, 0.15) is 39.9 Å². The van der Waals surface area contributed by atoms with Crippen molar-refractivity contribution in [2.24, 2.45) is 5.92 Å². The summed E-state index contributed by atoms with van der Waals surface area (Å²) in [6, 6.07) is 20.0. The summed E-state index contributed by atoms with van der Waals surface area (Å²) in [6.07, 6.45) is 1.57. The van der Waals surface area contributed by atoms with E-state index >= 15 is 0 Å². The summed E-state index contributed by atoms with van der Waals surface area (Å²) in [4.78, 5) is 45.4. The van der Waals surface area contributed by atoms with E-state index in [0.717, 1.165) is 18.4 Å². The maximum Gasteiger partial charge on any atom is 0.251 e. The van der Waals surface area contributed by atoms with E-state index in [1.807, 2.05) is 61.5 Å². The molecule has 180 valence electrons. The number of benzene rings is 3. The van der Waals surface area contributed by atoms with Crippen molar-refractivity contribution < 1.29 is 14.4 Å². The van der Waals surface area contributed by atoms with Gasteiger partial charge in [0.2, 0.25) is 5.91 Å². The van der Waals surface area contributed by atoms with Gasteiger partial charge in [-0.15, -0.1) is 0 Å². The molecular formula is C29H24ClN3O3. The topological polar surface area (TPSA) is 78.5 Å². The molecule has 2 spiro atoms. The molecule has 36 heavy (non-hydrogen) atoms. The second-order valence-corrected chi connectivity index (χ2v) is 10.7. The summed E-state index contributed by atoms with van der Waals surface area (Å²) < 4.78 is 0. The molecule has 7 rings (SSSR count). The van der Waals surface area contributed by atoms with Crippen LogP contribution in [0, 0.1) is 12.8 Å². The summed E-state index contributed by atoms with van der Waals surface area (Å²) >= 11 is 6.58. The summed E-state index contributed by atoms with van der Waals surface area (Å²) in [7, 11) is 0. The van der Waals surface area contributed by atoms with Crippen molar-refractivity contribution in [2.75, 3.05) is 17.2 Å². The maximum absolute atomic E-state index is 14.4. The number of anilines is 2. The number of ketones is 1. The number of halogens is 1. The lowest BCUT2D eigenvalue weighted by atomic mass is 9.57. The molecule has 0 saturated carbocycles. The lowest BCUT2D eigenvalue weighted by Crippen LogP contribution is -2.62. The standard InChI is InChI=1S/C29H24ClN3O3/c1-16-14-18(30)15-20-24(16)32-27(36)29(20)28(19-10-5-6-11-21(19)31-26(28)35)23(22-12-7-13-33(22)29)25(34)17-8-3-2-4-9-17/h2-6,8-11,14-15,22-23H,7,12-13H2,1H3,(H,31,35)(H,32,36)/t22-,23-,28-,29-/m0/s1. The summed E-state index contributed by atoms with van der Waals surface area (Å²) in [6.45, 7) is 2.52. The van der Waals surface area contributed by atoms with Crippen LogP contribution in [0.15, 0.2) is 66.7 Å². The Balaban J connectivity index is 1.62. The molecule has 4 aliphatic heterocycles. The van der Waals surface area contributed by atoms with Gasteiger partial charge in [0, 0.05) is 33.6 Å². The number of para-hydroxylation sites is 1. The van der Waals surface area contributed by atoms with Crippen LogP contribution in [0.5, 0.6) is 0 Å². The molecule has 0 bridgehead atoms. The molecule has 0 radical (unpaired) electrons. The van der Waals surface area contributed by atoms with E-state index in [1.165, 1.54) is 0 Å². The molecule has 3 aromatic carbocycles. The highest BCUT2D eigenvalue weighted by atomic mass is 35.5. The fourth-order valence-corrected chi connectivity index (χ4v) is 7.87. The lowest BCUT2D eigenvalue weighted by molar-refractivity contribution is -0.137. The Bertz CT molecular complexity index is 1490. The first-order chi connectivity index (χ1) is 17.4. The number of aryl methyl sites for hydroxylation is 1. The van der Waals surface area contributed by atoms with Crippen LogP contribution < -0.4 is 10.6 Å². The first kappa shape index (κ1) is 21.8. The SMILES string of the molecule is Cc1cc(Cl)cc2c1NC(=O)[C@@]21N2CCC[C@H]2[C@@H](C(=O)c2ccccc2)[C@@]12C(=O)Nc1ccccc12. The minimum atomic E-state index is -1.45. The quantitative estimate of drug-likeness (QED) is 0.505. The fraction of sp³-hybridized carbons (Fsp3) is 0.276. The molecule has 4 aliphatic rings. The average Bonchev–Trinajstić information content (AvgIpc) is 3.59. The largest absolute Gasteiger partial charge is 0.325 e. The number of amides is 2. The van der Waals surface area contributed by atoms with E-state index < -0.39 is 16.9 Å². The summed E-state index contributed by atoms with van der Waals surface area (Å²) in [5.74, 6) is -1.45. The molecule has 2 saturated heterocycles. The van der Waals surface area contributed by atoms with Gasteiger partial charge in [0.15, 0.2) is 5.78 Å². The van der Waals surface area contributed by atoms with Gasteiger partial charge in [-0.1, -0.05) is 60.1 Å². The van der Waals surface area contributed by atoms with Gasteiger partial charge in [-0.25, -0.2) is 0 Å². The van der Waals surface area contributed by atoms with Crippen LogP contribution in [-0.4, -0.2) is 35.1 Å². The van der Waals surface area contributed by atoms with Crippen molar-refractivity contribution >= 4 is 40.6 Å². The van der Waals surface area contributed by atoms with Gasteiger partial charge in [-0.3, -0.25) is 19.3 Å². The number of carbonyl (C=O) groups excluding carboxylic acids is 3. The molecule has 6 nitrogen and oxygen atoms in total. The molecule has 0 aromatic heterocycles. The fourth-order valence-electron chi connectivity index (χ4n) is 7.59. The Morgan fingerprint density at radius 2 is 1.72 bits per heavy atom. The van der Waals surface area contributed by atoms with Crippen molar-refractivity contribution in [3.63, 3.8) is 0 Å². The van der Waals surface area contributed by atoms with Gasteiger partial charge in [-0.2, -0.15) is 0 Å². The molecule has 0 unspecified atom stereocenters. The van der Waals surface area contributed by atoms with Crippen LogP contribution in [0.3, 0.4) is 0 Å². The van der Waals surface area contributed by atoms with Crippen LogP contribution in [0.25, 0.3) is 0 Å². The number of hydrogen-bond donors (Lipinski definition) is 2.